The molecule has 0 aliphatic heterocycles. The lowest BCUT2D eigenvalue weighted by Crippen LogP contribution is -2.46. The highest BCUT2D eigenvalue weighted by atomic mass is 35.5. The number of nitrogens with zero attached hydrogens (tertiary/aromatic N) is 4. The monoisotopic (exact) mass is 342 g/mol. The number of aryl methyl sites for hydroxylation is 1. The quantitative estimate of drug-likeness (QED) is 0.357. The normalized spacial score (nSPS) is 16.0. The summed E-state index contributed by atoms with van der Waals surface area (Å²) in [5.41, 5.74) is 0.555. The van der Waals surface area contributed by atoms with E-state index in [2.05, 4.69) is 15.0 Å². The molecule has 22 heavy (non-hydrogen) atoms. The standard InChI is InChI=1S/C13H15ClN4O3S/c1-9-8-18(19)11(7-17-9)13(3,14)10(2)22(20,21)12-15-5-4-6-16-12/h4-8,10H,1-3H3/t10-,13?/m1/s1. The van der Waals surface area contributed by atoms with Crippen molar-refractivity contribution in [2.24, 2.45) is 0 Å². The molecule has 0 amide bonds. The van der Waals surface area contributed by atoms with Crippen LogP contribution in [0.5, 0.6) is 0 Å². The predicted molar refractivity (Wildman–Crippen MR) is 79.8 cm³/mol. The molecule has 2 rings (SSSR count). The van der Waals surface area contributed by atoms with Gasteiger partial charge in [0.05, 0.1) is 11.4 Å². The molecule has 1 unspecified atom stereocenters. The molecule has 0 fully saturated rings. The first-order valence-electron chi connectivity index (χ1n) is 6.43. The molecule has 2 atom stereocenters. The summed E-state index contributed by atoms with van der Waals surface area (Å²) in [7, 11) is -3.91. The molecule has 0 aliphatic rings. The zero-order valence-corrected chi connectivity index (χ0v) is 13.8. The van der Waals surface area contributed by atoms with E-state index in [1.807, 2.05) is 0 Å². The van der Waals surface area contributed by atoms with Crippen LogP contribution in [0.1, 0.15) is 25.2 Å². The molecule has 0 aromatic carbocycles. The first-order valence-corrected chi connectivity index (χ1v) is 8.36. The molecular formula is C13H15ClN4O3S. The van der Waals surface area contributed by atoms with E-state index in [0.717, 1.165) is 0 Å². The third kappa shape index (κ3) is 2.89. The van der Waals surface area contributed by atoms with E-state index in [1.54, 1.807) is 6.92 Å². The van der Waals surface area contributed by atoms with Crippen LogP contribution in [0.15, 0.2) is 36.0 Å². The number of hydrogen-bond donors (Lipinski definition) is 0. The van der Waals surface area contributed by atoms with Crippen LogP contribution in [-0.4, -0.2) is 28.6 Å². The van der Waals surface area contributed by atoms with Gasteiger partial charge in [-0.2, -0.15) is 4.73 Å². The molecule has 9 heteroatoms. The maximum Gasteiger partial charge on any atom is 0.247 e. The van der Waals surface area contributed by atoms with Gasteiger partial charge < -0.3 is 5.21 Å². The van der Waals surface area contributed by atoms with E-state index in [4.69, 9.17) is 11.6 Å². The van der Waals surface area contributed by atoms with Crippen molar-refractivity contribution in [2.75, 3.05) is 0 Å². The second-order valence-corrected chi connectivity index (χ2v) is 7.98. The lowest BCUT2D eigenvalue weighted by atomic mass is 10.0. The summed E-state index contributed by atoms with van der Waals surface area (Å²) >= 11 is 6.41. The van der Waals surface area contributed by atoms with Gasteiger partial charge in [0.2, 0.25) is 26.9 Å². The third-order valence-corrected chi connectivity index (χ3v) is 6.23. The molecule has 0 saturated carbocycles. The number of sulfone groups is 1. The zero-order valence-electron chi connectivity index (χ0n) is 12.3. The van der Waals surface area contributed by atoms with Gasteiger partial charge in [0, 0.05) is 12.4 Å². The van der Waals surface area contributed by atoms with Crippen LogP contribution in [0.2, 0.25) is 0 Å². The van der Waals surface area contributed by atoms with Crippen LogP contribution in [-0.2, 0) is 14.7 Å². The fourth-order valence-corrected chi connectivity index (χ4v) is 3.84. The van der Waals surface area contributed by atoms with Gasteiger partial charge in [-0.3, -0.25) is 0 Å². The van der Waals surface area contributed by atoms with Crippen molar-refractivity contribution in [3.05, 3.63) is 47.4 Å². The summed E-state index contributed by atoms with van der Waals surface area (Å²) in [6.45, 7) is 4.53. The molecule has 2 heterocycles. The van der Waals surface area contributed by atoms with E-state index in [0.29, 0.717) is 10.4 Å². The van der Waals surface area contributed by atoms with E-state index >= 15 is 0 Å². The lowest BCUT2D eigenvalue weighted by molar-refractivity contribution is -0.617. The summed E-state index contributed by atoms with van der Waals surface area (Å²) in [4.78, 5) is 10.0. The largest absolute Gasteiger partial charge is 0.618 e. The minimum atomic E-state index is -3.91. The van der Waals surface area contributed by atoms with E-state index in [1.165, 1.54) is 44.7 Å². The van der Waals surface area contributed by atoms with Crippen molar-refractivity contribution >= 4 is 21.4 Å². The second kappa shape index (κ2) is 5.77. The Kier molecular flexibility index (Phi) is 4.35. The van der Waals surface area contributed by atoms with Gasteiger partial charge in [-0.25, -0.2) is 23.4 Å². The predicted octanol–water partition coefficient (Wildman–Crippen LogP) is 1.13. The Hall–Kier alpha value is -1.80. The average Bonchev–Trinajstić information content (AvgIpc) is 2.47. The number of alkyl halides is 1. The van der Waals surface area contributed by atoms with Crippen LogP contribution < -0.4 is 4.73 Å². The van der Waals surface area contributed by atoms with E-state index in [9.17, 15) is 13.6 Å². The highest BCUT2D eigenvalue weighted by molar-refractivity contribution is 7.92. The van der Waals surface area contributed by atoms with Crippen molar-refractivity contribution in [2.45, 2.75) is 36.1 Å². The van der Waals surface area contributed by atoms with Crippen molar-refractivity contribution in [3.63, 3.8) is 0 Å². The van der Waals surface area contributed by atoms with Gasteiger partial charge in [-0.15, -0.1) is 11.6 Å². The summed E-state index contributed by atoms with van der Waals surface area (Å²) in [5.74, 6) is 0. The molecule has 0 saturated heterocycles. The maximum absolute atomic E-state index is 12.6. The number of halogens is 1. The Morgan fingerprint density at radius 3 is 2.45 bits per heavy atom. The Labute approximate surface area is 133 Å². The fraction of sp³-hybridized carbons (Fsp3) is 0.385. The zero-order chi connectivity index (χ0) is 16.5. The Morgan fingerprint density at radius 2 is 1.91 bits per heavy atom. The highest BCUT2D eigenvalue weighted by Gasteiger charge is 2.46. The summed E-state index contributed by atoms with van der Waals surface area (Å²) in [6.07, 6.45) is 5.19. The average molecular weight is 343 g/mol. The number of aromatic nitrogens is 4. The highest BCUT2D eigenvalue weighted by Crippen LogP contribution is 2.35. The first kappa shape index (κ1) is 16.6. The molecule has 118 valence electrons. The van der Waals surface area contributed by atoms with Crippen LogP contribution in [0.4, 0.5) is 0 Å². The van der Waals surface area contributed by atoms with Gasteiger partial charge in [0.15, 0.2) is 0 Å². The number of rotatable bonds is 4. The molecule has 7 nitrogen and oxygen atoms in total. The molecule has 0 aliphatic carbocycles. The van der Waals surface area contributed by atoms with Crippen LogP contribution >= 0.6 is 11.6 Å². The van der Waals surface area contributed by atoms with Gasteiger partial charge in [0.1, 0.15) is 10.6 Å². The van der Waals surface area contributed by atoms with Crippen LogP contribution in [0, 0.1) is 12.1 Å². The fourth-order valence-electron chi connectivity index (χ4n) is 1.92. The van der Waals surface area contributed by atoms with Gasteiger partial charge in [0.25, 0.3) is 0 Å². The van der Waals surface area contributed by atoms with E-state index < -0.39 is 20.0 Å². The maximum atomic E-state index is 12.6. The minimum absolute atomic E-state index is 0.0479. The molecule has 2 aromatic heterocycles. The topological polar surface area (TPSA) is 99.8 Å². The van der Waals surface area contributed by atoms with Crippen molar-refractivity contribution in [1.29, 1.82) is 0 Å². The van der Waals surface area contributed by atoms with Crippen molar-refractivity contribution < 1.29 is 13.1 Å². The van der Waals surface area contributed by atoms with Gasteiger partial charge in [-0.1, -0.05) is 0 Å². The third-order valence-electron chi connectivity index (χ3n) is 3.46. The second-order valence-electron chi connectivity index (χ2n) is 5.03. The molecule has 0 radical (unpaired) electrons. The Balaban J connectivity index is 2.49. The molecule has 0 spiro atoms. The van der Waals surface area contributed by atoms with Crippen molar-refractivity contribution in [3.8, 4) is 0 Å². The van der Waals surface area contributed by atoms with Gasteiger partial charge in [-0.05, 0) is 26.8 Å². The smallest absolute Gasteiger partial charge is 0.247 e. The first-order chi connectivity index (χ1) is 10.2. The number of hydrogen-bond acceptors (Lipinski definition) is 6. The van der Waals surface area contributed by atoms with Crippen LogP contribution in [0.25, 0.3) is 0 Å². The molecule has 0 bridgehead atoms. The van der Waals surface area contributed by atoms with Crippen LogP contribution in [0.3, 0.4) is 0 Å². The minimum Gasteiger partial charge on any atom is -0.618 e. The summed E-state index contributed by atoms with van der Waals surface area (Å²) in [6, 6.07) is 1.51. The summed E-state index contributed by atoms with van der Waals surface area (Å²) < 4.78 is 25.7. The molecule has 0 N–H and O–H groups in total. The molecule has 2 aromatic rings. The Morgan fingerprint density at radius 1 is 1.32 bits per heavy atom. The molecular weight excluding hydrogens is 328 g/mol. The SMILES string of the molecule is Cc1c[n+]([O-])c(C(C)(Cl)[C@@H](C)S(=O)(=O)c2ncccn2)cn1. The lowest BCUT2D eigenvalue weighted by Gasteiger charge is -2.26. The summed E-state index contributed by atoms with van der Waals surface area (Å²) in [5, 5.41) is 10.6. The van der Waals surface area contributed by atoms with E-state index in [-0.39, 0.29) is 10.9 Å². The van der Waals surface area contributed by atoms with Crippen molar-refractivity contribution in [1.82, 2.24) is 15.0 Å². The Bertz CT molecular complexity index is 781. The van der Waals surface area contributed by atoms with Gasteiger partial charge >= 0.3 is 0 Å².